The van der Waals surface area contributed by atoms with Gasteiger partial charge in [0.25, 0.3) is 5.91 Å². The van der Waals surface area contributed by atoms with Gasteiger partial charge in [0.05, 0.1) is 0 Å². The molecule has 2 aliphatic rings. The normalized spacial score (nSPS) is 18.1. The number of nitrogens with two attached hydrogens (primary N) is 1. The molecule has 0 radical (unpaired) electrons. The zero-order valence-corrected chi connectivity index (χ0v) is 23.4. The lowest BCUT2D eigenvalue weighted by Crippen LogP contribution is -2.44. The third-order valence-electron chi connectivity index (χ3n) is 7.47. The first kappa shape index (κ1) is 28.2. The Balaban J connectivity index is 1.75. The summed E-state index contributed by atoms with van der Waals surface area (Å²) in [6.45, 7) is 10.2. The first-order valence-corrected chi connectivity index (χ1v) is 13.7. The van der Waals surface area contributed by atoms with Crippen LogP contribution < -0.4 is 15.5 Å². The predicted octanol–water partition coefficient (Wildman–Crippen LogP) is 3.80. The van der Waals surface area contributed by atoms with Gasteiger partial charge in [-0.15, -0.1) is 0 Å². The van der Waals surface area contributed by atoms with E-state index in [1.807, 2.05) is 45.0 Å². The number of benzene rings is 2. The van der Waals surface area contributed by atoms with Crippen LogP contribution in [-0.2, 0) is 4.79 Å². The van der Waals surface area contributed by atoms with E-state index < -0.39 is 12.1 Å². The number of primary amides is 1. The number of phenols is 2. The van der Waals surface area contributed by atoms with E-state index in [-0.39, 0.29) is 23.3 Å². The fourth-order valence-corrected chi connectivity index (χ4v) is 5.22. The number of carbonyl (C=O) groups excluding carboxylic acids is 1. The van der Waals surface area contributed by atoms with Crippen LogP contribution in [0.4, 0.5) is 11.4 Å². The Kier molecular flexibility index (Phi) is 8.64. The summed E-state index contributed by atoms with van der Waals surface area (Å²) >= 11 is 0. The van der Waals surface area contributed by atoms with Crippen LogP contribution in [0.1, 0.15) is 63.2 Å². The minimum Gasteiger partial charge on any atom is -0.508 e. The smallest absolute Gasteiger partial charge is 0.286 e. The van der Waals surface area contributed by atoms with Gasteiger partial charge in [-0.2, -0.15) is 5.10 Å². The highest BCUT2D eigenvalue weighted by Crippen LogP contribution is 2.43. The van der Waals surface area contributed by atoms with Crippen LogP contribution in [0.3, 0.4) is 0 Å². The molecule has 2 heterocycles. The van der Waals surface area contributed by atoms with Crippen LogP contribution in [-0.4, -0.2) is 77.3 Å². The van der Waals surface area contributed by atoms with Gasteiger partial charge in [0.1, 0.15) is 11.5 Å². The fraction of sp³-hybridized carbons (Fsp3) is 0.483. The third-order valence-corrected chi connectivity index (χ3v) is 7.47. The number of rotatable bonds is 10. The number of nitrogens with zero attached hydrogens (tertiary/aromatic N) is 5. The first-order valence-electron chi connectivity index (χ1n) is 13.7. The largest absolute Gasteiger partial charge is 0.508 e. The van der Waals surface area contributed by atoms with Gasteiger partial charge in [0, 0.05) is 67.9 Å². The number of aromatic hydroxyl groups is 2. The Labute approximate surface area is 230 Å². The molecule has 2 aromatic carbocycles. The lowest BCUT2D eigenvalue weighted by Gasteiger charge is -2.35. The Morgan fingerprint density at radius 1 is 1.05 bits per heavy atom. The summed E-state index contributed by atoms with van der Waals surface area (Å²) in [5.74, 6) is -0.704. The highest BCUT2D eigenvalue weighted by molar-refractivity contribution is 6.43. The van der Waals surface area contributed by atoms with E-state index in [2.05, 4.69) is 21.9 Å². The molecular formula is C29H41N7O3. The Bertz CT molecular complexity index is 1220. The lowest BCUT2D eigenvalue weighted by atomic mass is 9.97. The van der Waals surface area contributed by atoms with Crippen LogP contribution >= 0.6 is 0 Å². The molecule has 0 aromatic heterocycles. The highest BCUT2D eigenvalue weighted by atomic mass is 16.3. The summed E-state index contributed by atoms with van der Waals surface area (Å²) in [6.07, 6.45) is 1.34. The summed E-state index contributed by atoms with van der Waals surface area (Å²) in [6, 6.07) is 11.1. The van der Waals surface area contributed by atoms with Crippen LogP contribution in [0.2, 0.25) is 0 Å². The molecule has 1 atom stereocenters. The van der Waals surface area contributed by atoms with Crippen molar-refractivity contribution >= 4 is 28.8 Å². The number of hydrazone groups is 1. The molecule has 4 rings (SSSR count). The molecule has 5 N–H and O–H groups in total. The standard InChI is InChI=1S/C29H41N7O3/c1-5-6-20(30)11-12-35-29(24-17-23(19(2)3)25(37)18-26(24)38)36(28(32-35)27(31)39)22-9-7-21(8-10-22)34-15-13-33(4)14-16-34/h7-10,17-19,29-30,37-38H,5-6,11-16H2,1-4H3,(H2,31,39). The van der Waals surface area contributed by atoms with Crippen molar-refractivity contribution < 1.29 is 15.0 Å². The van der Waals surface area contributed by atoms with Crippen LogP contribution in [0.15, 0.2) is 41.5 Å². The van der Waals surface area contributed by atoms with Gasteiger partial charge in [-0.05, 0) is 55.3 Å². The maximum atomic E-state index is 12.7. The van der Waals surface area contributed by atoms with Crippen LogP contribution in [0.25, 0.3) is 0 Å². The van der Waals surface area contributed by atoms with Crippen LogP contribution in [0, 0.1) is 5.41 Å². The topological polar surface area (TPSA) is 133 Å². The summed E-state index contributed by atoms with van der Waals surface area (Å²) in [7, 11) is 2.12. The monoisotopic (exact) mass is 535 g/mol. The number of amides is 1. The first-order chi connectivity index (χ1) is 18.6. The van der Waals surface area contributed by atoms with Crippen molar-refractivity contribution in [2.75, 3.05) is 49.6 Å². The molecule has 10 nitrogen and oxygen atoms in total. The molecule has 0 aliphatic carbocycles. The van der Waals surface area contributed by atoms with Gasteiger partial charge >= 0.3 is 0 Å². The van der Waals surface area contributed by atoms with Gasteiger partial charge in [0.15, 0.2) is 6.17 Å². The number of piperazine rings is 1. The van der Waals surface area contributed by atoms with Crippen LogP contribution in [0.5, 0.6) is 11.5 Å². The Morgan fingerprint density at radius 2 is 1.69 bits per heavy atom. The molecular weight excluding hydrogens is 494 g/mol. The van der Waals surface area contributed by atoms with Crippen molar-refractivity contribution in [2.45, 2.75) is 52.1 Å². The number of carbonyl (C=O) groups is 1. The molecule has 39 heavy (non-hydrogen) atoms. The van der Waals surface area contributed by atoms with E-state index in [1.165, 1.54) is 6.07 Å². The third kappa shape index (κ3) is 6.11. The van der Waals surface area contributed by atoms with Crippen molar-refractivity contribution in [3.8, 4) is 11.5 Å². The molecule has 1 amide bonds. The number of hydrogen-bond acceptors (Lipinski definition) is 9. The fourth-order valence-electron chi connectivity index (χ4n) is 5.22. The highest BCUT2D eigenvalue weighted by Gasteiger charge is 2.40. The molecule has 1 fully saturated rings. The van der Waals surface area contributed by atoms with Gasteiger partial charge in [0.2, 0.25) is 5.84 Å². The molecule has 2 aliphatic heterocycles. The molecule has 10 heteroatoms. The molecule has 210 valence electrons. The van der Waals surface area contributed by atoms with E-state index in [9.17, 15) is 15.0 Å². The van der Waals surface area contributed by atoms with E-state index in [0.717, 1.165) is 38.3 Å². The van der Waals surface area contributed by atoms with Gasteiger partial charge in [-0.1, -0.05) is 27.2 Å². The molecule has 1 unspecified atom stereocenters. The number of nitrogens with one attached hydrogen (secondary N) is 1. The van der Waals surface area contributed by atoms with Crippen molar-refractivity contribution in [1.82, 2.24) is 9.91 Å². The zero-order valence-electron chi connectivity index (χ0n) is 23.4. The van der Waals surface area contributed by atoms with Gasteiger partial charge < -0.3 is 31.2 Å². The Morgan fingerprint density at radius 3 is 2.28 bits per heavy atom. The lowest BCUT2D eigenvalue weighted by molar-refractivity contribution is -0.112. The number of amidine groups is 1. The van der Waals surface area contributed by atoms with Crippen molar-refractivity contribution in [2.24, 2.45) is 10.8 Å². The number of phenolic OH excluding ortho intramolecular Hbond substituents is 2. The molecule has 0 spiro atoms. The summed E-state index contributed by atoms with van der Waals surface area (Å²) in [5, 5.41) is 36.1. The average Bonchev–Trinajstić information content (AvgIpc) is 3.28. The number of anilines is 2. The zero-order chi connectivity index (χ0) is 28.3. The molecule has 0 bridgehead atoms. The van der Waals surface area contributed by atoms with Gasteiger partial charge in [-0.3, -0.25) is 14.7 Å². The minimum absolute atomic E-state index is 0.00443. The number of likely N-dealkylation sites (N-methyl/N-ethyl adjacent to an activating group) is 1. The predicted molar refractivity (Wildman–Crippen MR) is 156 cm³/mol. The molecule has 1 saturated heterocycles. The second-order valence-corrected chi connectivity index (χ2v) is 10.7. The van der Waals surface area contributed by atoms with E-state index in [0.29, 0.717) is 41.9 Å². The summed E-state index contributed by atoms with van der Waals surface area (Å²) in [5.41, 5.74) is 9.42. The van der Waals surface area contributed by atoms with E-state index >= 15 is 0 Å². The van der Waals surface area contributed by atoms with Gasteiger partial charge in [-0.25, -0.2) is 0 Å². The summed E-state index contributed by atoms with van der Waals surface area (Å²) < 4.78 is 0. The SMILES string of the molecule is CCCC(=N)CCN1N=C(C(N)=O)N(c2ccc(N3CCN(C)CC3)cc2)C1c1cc(C(C)C)c(O)cc1O. The second kappa shape index (κ2) is 11.9. The summed E-state index contributed by atoms with van der Waals surface area (Å²) in [4.78, 5) is 19.1. The minimum atomic E-state index is -0.686. The number of hydrogen-bond donors (Lipinski definition) is 4. The second-order valence-electron chi connectivity index (χ2n) is 10.7. The Hall–Kier alpha value is -3.79. The van der Waals surface area contributed by atoms with E-state index in [1.54, 1.807) is 16.0 Å². The quantitative estimate of drug-likeness (QED) is 0.340. The molecule has 0 saturated carbocycles. The van der Waals surface area contributed by atoms with Crippen molar-refractivity contribution in [3.63, 3.8) is 0 Å². The maximum absolute atomic E-state index is 12.7. The molecule has 2 aromatic rings. The average molecular weight is 536 g/mol. The maximum Gasteiger partial charge on any atom is 0.286 e. The van der Waals surface area contributed by atoms with Crippen molar-refractivity contribution in [3.05, 3.63) is 47.5 Å². The van der Waals surface area contributed by atoms with Crippen molar-refractivity contribution in [1.29, 1.82) is 5.41 Å². The van der Waals surface area contributed by atoms with E-state index in [4.69, 9.17) is 11.1 Å².